The molecule has 0 atom stereocenters. The average molecular weight is 399 g/mol. The number of benzene rings is 2. The Kier molecular flexibility index (Phi) is 9.39. The zero-order chi connectivity index (χ0) is 20.4. The Morgan fingerprint density at radius 3 is 2.22 bits per heavy atom. The maximum absolute atomic E-state index is 12.5. The molecule has 0 aliphatic heterocycles. The van der Waals surface area contributed by atoms with Gasteiger partial charge in [0, 0.05) is 23.0 Å². The summed E-state index contributed by atoms with van der Waals surface area (Å²) >= 11 is 6.26. The van der Waals surface area contributed by atoms with Crippen molar-refractivity contribution in [2.24, 2.45) is 0 Å². The highest BCUT2D eigenvalue weighted by molar-refractivity contribution is 6.31. The fraction of sp³-hybridized carbons (Fsp3) is 0.333. The summed E-state index contributed by atoms with van der Waals surface area (Å²) in [5, 5.41) is 6.98. The maximum atomic E-state index is 12.5. The number of halogens is 4. The molecule has 0 spiro atoms. The first-order valence-electron chi connectivity index (χ1n) is 8.83. The molecule has 2 N–H and O–H groups in total. The number of anilines is 1. The molecule has 0 bridgehead atoms. The summed E-state index contributed by atoms with van der Waals surface area (Å²) in [6, 6.07) is 10.9. The van der Waals surface area contributed by atoms with Crippen molar-refractivity contribution in [1.29, 1.82) is 0 Å². The Balaban J connectivity index is 0.00000176. The molecule has 0 unspecified atom stereocenters. The molecule has 0 heterocycles. The number of nitrogens with one attached hydrogen (secondary N) is 2. The largest absolute Gasteiger partial charge is 0.416 e. The van der Waals surface area contributed by atoms with Crippen LogP contribution >= 0.6 is 11.6 Å². The fourth-order valence-electron chi connectivity index (χ4n) is 2.34. The van der Waals surface area contributed by atoms with Crippen molar-refractivity contribution in [2.75, 3.05) is 11.9 Å². The average Bonchev–Trinajstić information content (AvgIpc) is 2.61. The lowest BCUT2D eigenvalue weighted by atomic mass is 10.1. The molecule has 2 aromatic carbocycles. The second-order valence-corrected chi connectivity index (χ2v) is 6.24. The van der Waals surface area contributed by atoms with Crippen LogP contribution in [0, 0.1) is 0 Å². The van der Waals surface area contributed by atoms with Gasteiger partial charge in [0.15, 0.2) is 0 Å². The first-order chi connectivity index (χ1) is 12.8. The molecule has 0 fully saturated rings. The smallest absolute Gasteiger partial charge is 0.360 e. The van der Waals surface area contributed by atoms with Gasteiger partial charge in [0.2, 0.25) is 0 Å². The summed E-state index contributed by atoms with van der Waals surface area (Å²) in [6.07, 6.45) is -3.57. The molecule has 27 heavy (non-hydrogen) atoms. The lowest BCUT2D eigenvalue weighted by Gasteiger charge is -2.10. The molecule has 0 saturated carbocycles. The quantitative estimate of drug-likeness (QED) is 0.509. The van der Waals surface area contributed by atoms with Crippen molar-refractivity contribution in [3.63, 3.8) is 0 Å². The van der Waals surface area contributed by atoms with E-state index in [1.54, 1.807) is 0 Å². The van der Waals surface area contributed by atoms with Crippen LogP contribution in [-0.2, 0) is 19.1 Å². The van der Waals surface area contributed by atoms with E-state index in [0.717, 1.165) is 41.1 Å². The second kappa shape index (κ2) is 11.0. The minimum Gasteiger partial charge on any atom is -0.360 e. The molecule has 2 rings (SSSR count). The third-order valence-corrected chi connectivity index (χ3v) is 3.94. The van der Waals surface area contributed by atoms with Crippen LogP contribution in [0.5, 0.6) is 0 Å². The summed E-state index contributed by atoms with van der Waals surface area (Å²) < 4.78 is 37.5. The molecule has 0 aliphatic rings. The standard InChI is InChI=1S/C19H20ClF3N2.C2H6/c1-13(2)25-17-8-5-15(18(20)11-17)9-10-24-12-14-3-6-16(7-4-14)19(21,22)23;1-2/h3-8,11,24-25H,1,9-10,12H2,2H3;1-2H3. The van der Waals surface area contributed by atoms with Crippen molar-refractivity contribution in [2.45, 2.75) is 39.9 Å². The van der Waals surface area contributed by atoms with Crippen molar-refractivity contribution in [3.05, 3.63) is 76.5 Å². The first kappa shape index (κ1) is 23.1. The Labute approximate surface area is 164 Å². The van der Waals surface area contributed by atoms with Gasteiger partial charge < -0.3 is 10.6 Å². The van der Waals surface area contributed by atoms with Crippen LogP contribution in [0.4, 0.5) is 18.9 Å². The highest BCUT2D eigenvalue weighted by atomic mass is 35.5. The van der Waals surface area contributed by atoms with Crippen LogP contribution in [0.3, 0.4) is 0 Å². The van der Waals surface area contributed by atoms with Crippen LogP contribution in [0.2, 0.25) is 5.02 Å². The lowest BCUT2D eigenvalue weighted by molar-refractivity contribution is -0.137. The Morgan fingerprint density at radius 2 is 1.70 bits per heavy atom. The van der Waals surface area contributed by atoms with Gasteiger partial charge in [-0.3, -0.25) is 0 Å². The number of rotatable bonds is 7. The predicted molar refractivity (Wildman–Crippen MR) is 108 cm³/mol. The molecule has 148 valence electrons. The van der Waals surface area contributed by atoms with E-state index >= 15 is 0 Å². The van der Waals surface area contributed by atoms with Gasteiger partial charge in [0.05, 0.1) is 5.56 Å². The first-order valence-corrected chi connectivity index (χ1v) is 9.21. The van der Waals surface area contributed by atoms with Crippen molar-refractivity contribution < 1.29 is 13.2 Å². The SMILES string of the molecule is C=C(C)Nc1ccc(CCNCc2ccc(C(F)(F)F)cc2)c(Cl)c1.CC. The van der Waals surface area contributed by atoms with E-state index in [-0.39, 0.29) is 0 Å². The zero-order valence-electron chi connectivity index (χ0n) is 15.9. The van der Waals surface area contributed by atoms with E-state index in [9.17, 15) is 13.2 Å². The normalized spacial score (nSPS) is 10.8. The van der Waals surface area contributed by atoms with E-state index in [1.165, 1.54) is 12.1 Å². The molecule has 0 aromatic heterocycles. The van der Waals surface area contributed by atoms with E-state index in [4.69, 9.17) is 11.6 Å². The summed E-state index contributed by atoms with van der Waals surface area (Å²) in [6.45, 7) is 10.8. The molecule has 0 radical (unpaired) electrons. The summed E-state index contributed by atoms with van der Waals surface area (Å²) in [5.74, 6) is 0. The van der Waals surface area contributed by atoms with Gasteiger partial charge in [-0.05, 0) is 55.3 Å². The molecule has 0 aliphatic carbocycles. The lowest BCUT2D eigenvalue weighted by Crippen LogP contribution is -2.17. The van der Waals surface area contributed by atoms with Crippen molar-refractivity contribution >= 4 is 17.3 Å². The molecule has 2 nitrogen and oxygen atoms in total. The van der Waals surface area contributed by atoms with E-state index in [2.05, 4.69) is 17.2 Å². The maximum Gasteiger partial charge on any atom is 0.416 e. The molecule has 0 saturated heterocycles. The Morgan fingerprint density at radius 1 is 1.07 bits per heavy atom. The van der Waals surface area contributed by atoms with Gasteiger partial charge in [-0.25, -0.2) is 0 Å². The van der Waals surface area contributed by atoms with E-state index in [0.29, 0.717) is 18.1 Å². The van der Waals surface area contributed by atoms with Crippen LogP contribution in [0.25, 0.3) is 0 Å². The van der Waals surface area contributed by atoms with Crippen molar-refractivity contribution in [1.82, 2.24) is 5.32 Å². The minimum absolute atomic E-state index is 0.505. The number of hydrogen-bond donors (Lipinski definition) is 2. The fourth-order valence-corrected chi connectivity index (χ4v) is 2.62. The zero-order valence-corrected chi connectivity index (χ0v) is 16.6. The van der Waals surface area contributed by atoms with E-state index < -0.39 is 11.7 Å². The second-order valence-electron chi connectivity index (χ2n) is 5.83. The van der Waals surface area contributed by atoms with Crippen LogP contribution in [0.1, 0.15) is 37.5 Å². The number of hydrogen-bond acceptors (Lipinski definition) is 2. The van der Waals surface area contributed by atoms with E-state index in [1.807, 2.05) is 39.0 Å². The molecule has 6 heteroatoms. The van der Waals surface area contributed by atoms with Crippen LogP contribution in [-0.4, -0.2) is 6.54 Å². The Hall–Kier alpha value is -1.98. The monoisotopic (exact) mass is 398 g/mol. The van der Waals surface area contributed by atoms with Crippen LogP contribution < -0.4 is 10.6 Å². The minimum atomic E-state index is -4.30. The topological polar surface area (TPSA) is 24.1 Å². The highest BCUT2D eigenvalue weighted by Gasteiger charge is 2.29. The van der Waals surface area contributed by atoms with Gasteiger partial charge in [-0.1, -0.05) is 50.2 Å². The third-order valence-electron chi connectivity index (χ3n) is 3.59. The summed E-state index contributed by atoms with van der Waals surface area (Å²) in [5.41, 5.74) is 2.90. The van der Waals surface area contributed by atoms with Crippen LogP contribution in [0.15, 0.2) is 54.7 Å². The summed E-state index contributed by atoms with van der Waals surface area (Å²) in [7, 11) is 0. The molecule has 2 aromatic rings. The predicted octanol–water partition coefficient (Wildman–Crippen LogP) is 6.66. The van der Waals surface area contributed by atoms with Gasteiger partial charge in [-0.2, -0.15) is 13.2 Å². The van der Waals surface area contributed by atoms with Gasteiger partial charge >= 0.3 is 6.18 Å². The third kappa shape index (κ3) is 8.06. The molecular formula is C21H26ClF3N2. The Bertz CT molecular complexity index is 725. The van der Waals surface area contributed by atoms with Gasteiger partial charge in [0.1, 0.15) is 0 Å². The molecule has 0 amide bonds. The molecular weight excluding hydrogens is 373 g/mol. The highest BCUT2D eigenvalue weighted by Crippen LogP contribution is 2.29. The summed E-state index contributed by atoms with van der Waals surface area (Å²) in [4.78, 5) is 0. The number of alkyl halides is 3. The number of allylic oxidation sites excluding steroid dienone is 1. The van der Waals surface area contributed by atoms with Crippen molar-refractivity contribution in [3.8, 4) is 0 Å². The van der Waals surface area contributed by atoms with Gasteiger partial charge in [-0.15, -0.1) is 0 Å². The van der Waals surface area contributed by atoms with Gasteiger partial charge in [0.25, 0.3) is 0 Å².